The summed E-state index contributed by atoms with van der Waals surface area (Å²) < 4.78 is 5.19. The van der Waals surface area contributed by atoms with E-state index in [4.69, 9.17) is 4.52 Å². The lowest BCUT2D eigenvalue weighted by Crippen LogP contribution is -2.46. The van der Waals surface area contributed by atoms with Crippen LogP contribution in [0.4, 0.5) is 0 Å². The van der Waals surface area contributed by atoms with E-state index in [1.165, 1.54) is 0 Å². The van der Waals surface area contributed by atoms with Crippen LogP contribution in [-0.4, -0.2) is 54.6 Å². The van der Waals surface area contributed by atoms with Gasteiger partial charge in [-0.3, -0.25) is 9.59 Å². The third-order valence-corrected chi connectivity index (χ3v) is 4.29. The molecule has 0 saturated carbocycles. The fourth-order valence-electron chi connectivity index (χ4n) is 2.80. The maximum Gasteiger partial charge on any atom is 0.273 e. The van der Waals surface area contributed by atoms with Crippen LogP contribution in [0.25, 0.3) is 11.3 Å². The second kappa shape index (κ2) is 7.94. The van der Waals surface area contributed by atoms with E-state index in [2.05, 4.69) is 27.7 Å². The molecule has 0 bridgehead atoms. The summed E-state index contributed by atoms with van der Waals surface area (Å²) in [6, 6.07) is 11.2. The Morgan fingerprint density at radius 2 is 1.96 bits per heavy atom. The predicted octanol–water partition coefficient (Wildman–Crippen LogP) is 1.28. The Labute approximate surface area is 146 Å². The van der Waals surface area contributed by atoms with Crippen molar-refractivity contribution in [3.05, 3.63) is 42.1 Å². The van der Waals surface area contributed by atoms with Crippen molar-refractivity contribution in [3.63, 3.8) is 0 Å². The molecule has 0 unspecified atom stereocenters. The molecule has 1 fully saturated rings. The van der Waals surface area contributed by atoms with Gasteiger partial charge >= 0.3 is 0 Å². The zero-order valence-corrected chi connectivity index (χ0v) is 14.2. The molecule has 2 aromatic rings. The number of likely N-dealkylation sites (tertiary alicyclic amines) is 1. The van der Waals surface area contributed by atoms with Crippen molar-refractivity contribution in [1.82, 2.24) is 20.7 Å². The van der Waals surface area contributed by atoms with Gasteiger partial charge in [0.1, 0.15) is 0 Å². The van der Waals surface area contributed by atoms with Crippen LogP contribution in [0.15, 0.2) is 40.9 Å². The van der Waals surface area contributed by atoms with Crippen molar-refractivity contribution in [2.45, 2.75) is 18.9 Å². The zero-order chi connectivity index (χ0) is 17.6. The van der Waals surface area contributed by atoms with Gasteiger partial charge in [0, 0.05) is 17.7 Å². The second-order valence-corrected chi connectivity index (χ2v) is 6.27. The molecular formula is C18H22N4O3. The average Bonchev–Trinajstić information content (AvgIpc) is 3.13. The van der Waals surface area contributed by atoms with Gasteiger partial charge in [-0.2, -0.15) is 0 Å². The molecule has 1 aliphatic heterocycles. The van der Waals surface area contributed by atoms with Gasteiger partial charge in [-0.1, -0.05) is 35.5 Å². The van der Waals surface area contributed by atoms with Gasteiger partial charge in [0.05, 0.1) is 6.54 Å². The lowest BCUT2D eigenvalue weighted by molar-refractivity contribution is -0.121. The van der Waals surface area contributed by atoms with E-state index in [1.807, 2.05) is 30.3 Å². The minimum atomic E-state index is -0.426. The highest BCUT2D eigenvalue weighted by molar-refractivity contribution is 5.95. The molecule has 1 aromatic carbocycles. The Kier molecular flexibility index (Phi) is 5.45. The summed E-state index contributed by atoms with van der Waals surface area (Å²) in [5.74, 6) is -0.0966. The number of carbonyl (C=O) groups excluding carboxylic acids is 2. The highest BCUT2D eigenvalue weighted by Gasteiger charge is 2.19. The molecule has 7 nitrogen and oxygen atoms in total. The minimum absolute atomic E-state index is 0.0707. The highest BCUT2D eigenvalue weighted by atomic mass is 16.5. The standard InChI is InChI=1S/C18H22N4O3/c1-22-9-7-14(8-10-22)20-17(23)12-19-18(24)15-11-16(25-21-15)13-5-3-2-4-6-13/h2-6,11,14H,7-10,12H2,1H3,(H,19,24)(H,20,23). The maximum absolute atomic E-state index is 12.1. The Morgan fingerprint density at radius 1 is 1.24 bits per heavy atom. The molecule has 0 atom stereocenters. The zero-order valence-electron chi connectivity index (χ0n) is 14.2. The second-order valence-electron chi connectivity index (χ2n) is 6.27. The molecule has 1 aromatic heterocycles. The summed E-state index contributed by atoms with van der Waals surface area (Å²) in [4.78, 5) is 26.3. The van der Waals surface area contributed by atoms with Gasteiger partial charge in [-0.25, -0.2) is 0 Å². The number of hydrogen-bond donors (Lipinski definition) is 2. The highest BCUT2D eigenvalue weighted by Crippen LogP contribution is 2.19. The summed E-state index contributed by atoms with van der Waals surface area (Å²) in [7, 11) is 2.07. The van der Waals surface area contributed by atoms with Crippen LogP contribution in [0.3, 0.4) is 0 Å². The number of hydrogen-bond acceptors (Lipinski definition) is 5. The van der Waals surface area contributed by atoms with Gasteiger partial charge in [0.25, 0.3) is 5.91 Å². The van der Waals surface area contributed by atoms with Crippen LogP contribution in [0.1, 0.15) is 23.3 Å². The van der Waals surface area contributed by atoms with Crippen molar-refractivity contribution in [2.75, 3.05) is 26.7 Å². The Morgan fingerprint density at radius 3 is 2.68 bits per heavy atom. The topological polar surface area (TPSA) is 87.5 Å². The predicted molar refractivity (Wildman–Crippen MR) is 92.9 cm³/mol. The van der Waals surface area contributed by atoms with Gasteiger partial charge < -0.3 is 20.1 Å². The largest absolute Gasteiger partial charge is 0.355 e. The normalized spacial score (nSPS) is 15.7. The van der Waals surface area contributed by atoms with Crippen LogP contribution >= 0.6 is 0 Å². The Bertz CT molecular complexity index is 721. The van der Waals surface area contributed by atoms with Crippen molar-refractivity contribution in [1.29, 1.82) is 0 Å². The van der Waals surface area contributed by atoms with Gasteiger partial charge in [-0.15, -0.1) is 0 Å². The maximum atomic E-state index is 12.1. The van der Waals surface area contributed by atoms with Crippen LogP contribution in [0.5, 0.6) is 0 Å². The number of piperidine rings is 1. The van der Waals surface area contributed by atoms with E-state index in [9.17, 15) is 9.59 Å². The smallest absolute Gasteiger partial charge is 0.273 e. The first kappa shape index (κ1) is 17.2. The Balaban J connectivity index is 1.48. The number of nitrogens with one attached hydrogen (secondary N) is 2. The molecule has 1 aliphatic rings. The van der Waals surface area contributed by atoms with Crippen LogP contribution in [-0.2, 0) is 4.79 Å². The average molecular weight is 342 g/mol. The minimum Gasteiger partial charge on any atom is -0.355 e. The lowest BCUT2D eigenvalue weighted by Gasteiger charge is -2.29. The number of nitrogens with zero attached hydrogens (tertiary/aromatic N) is 2. The van der Waals surface area contributed by atoms with Crippen LogP contribution < -0.4 is 10.6 Å². The molecule has 2 N–H and O–H groups in total. The summed E-state index contributed by atoms with van der Waals surface area (Å²) in [5.41, 5.74) is 1.00. The summed E-state index contributed by atoms with van der Waals surface area (Å²) in [5, 5.41) is 9.30. The molecular weight excluding hydrogens is 320 g/mol. The first-order valence-corrected chi connectivity index (χ1v) is 8.40. The first-order valence-electron chi connectivity index (χ1n) is 8.40. The fraction of sp³-hybridized carbons (Fsp3) is 0.389. The number of rotatable bonds is 5. The quantitative estimate of drug-likeness (QED) is 0.855. The molecule has 2 heterocycles. The van der Waals surface area contributed by atoms with E-state index in [1.54, 1.807) is 6.07 Å². The van der Waals surface area contributed by atoms with Crippen molar-refractivity contribution in [3.8, 4) is 11.3 Å². The van der Waals surface area contributed by atoms with Crippen molar-refractivity contribution >= 4 is 11.8 Å². The molecule has 0 radical (unpaired) electrons. The lowest BCUT2D eigenvalue weighted by atomic mass is 10.1. The molecule has 7 heteroatoms. The van der Waals surface area contributed by atoms with Crippen molar-refractivity contribution < 1.29 is 14.1 Å². The SMILES string of the molecule is CN1CCC(NC(=O)CNC(=O)c2cc(-c3ccccc3)on2)CC1. The molecule has 25 heavy (non-hydrogen) atoms. The molecule has 2 amide bonds. The van der Waals surface area contributed by atoms with E-state index in [-0.39, 0.29) is 24.2 Å². The first-order chi connectivity index (χ1) is 12.1. The monoisotopic (exact) mass is 342 g/mol. The van der Waals surface area contributed by atoms with Crippen molar-refractivity contribution in [2.24, 2.45) is 0 Å². The molecule has 0 aliphatic carbocycles. The summed E-state index contributed by atoms with van der Waals surface area (Å²) in [6.45, 7) is 1.87. The Hall–Kier alpha value is -2.67. The van der Waals surface area contributed by atoms with E-state index < -0.39 is 5.91 Å². The third kappa shape index (κ3) is 4.67. The number of aromatic nitrogens is 1. The number of carbonyl (C=O) groups is 2. The van der Waals surface area contributed by atoms with Gasteiger partial charge in [-0.05, 0) is 33.0 Å². The number of amides is 2. The summed E-state index contributed by atoms with van der Waals surface area (Å²) in [6.07, 6.45) is 1.86. The molecule has 0 spiro atoms. The van der Waals surface area contributed by atoms with E-state index >= 15 is 0 Å². The fourth-order valence-corrected chi connectivity index (χ4v) is 2.80. The van der Waals surface area contributed by atoms with Gasteiger partial charge in [0.2, 0.25) is 5.91 Å². The molecule has 1 saturated heterocycles. The van der Waals surface area contributed by atoms with Crippen LogP contribution in [0, 0.1) is 0 Å². The third-order valence-electron chi connectivity index (χ3n) is 4.29. The van der Waals surface area contributed by atoms with E-state index in [0.29, 0.717) is 5.76 Å². The summed E-state index contributed by atoms with van der Waals surface area (Å²) >= 11 is 0. The number of benzene rings is 1. The van der Waals surface area contributed by atoms with Crippen LogP contribution in [0.2, 0.25) is 0 Å². The van der Waals surface area contributed by atoms with Gasteiger partial charge in [0.15, 0.2) is 11.5 Å². The van der Waals surface area contributed by atoms with E-state index in [0.717, 1.165) is 31.5 Å². The molecule has 3 rings (SSSR count). The molecule has 132 valence electrons.